The average molecular weight is 353 g/mol. The highest BCUT2D eigenvalue weighted by atomic mass is 16.5. The molecule has 26 heavy (non-hydrogen) atoms. The highest BCUT2D eigenvalue weighted by molar-refractivity contribution is 5.87. The summed E-state index contributed by atoms with van der Waals surface area (Å²) in [6.45, 7) is 5.27. The third kappa shape index (κ3) is 3.99. The van der Waals surface area contributed by atoms with Gasteiger partial charge < -0.3 is 9.47 Å². The second kappa shape index (κ2) is 8.14. The molecule has 1 aromatic carbocycles. The topological polar surface area (TPSA) is 124 Å². The van der Waals surface area contributed by atoms with E-state index in [1.54, 1.807) is 20.8 Å². The molecule has 134 valence electrons. The van der Waals surface area contributed by atoms with Gasteiger partial charge in [-0.15, -0.1) is 0 Å². The fourth-order valence-corrected chi connectivity index (χ4v) is 2.84. The van der Waals surface area contributed by atoms with Crippen molar-refractivity contribution < 1.29 is 19.1 Å². The fourth-order valence-electron chi connectivity index (χ4n) is 2.84. The molecule has 0 radical (unpaired) electrons. The predicted octanol–water partition coefficient (Wildman–Crippen LogP) is 2.39. The van der Waals surface area contributed by atoms with E-state index >= 15 is 0 Å². The Morgan fingerprint density at radius 3 is 1.73 bits per heavy atom. The first-order chi connectivity index (χ1) is 12.2. The lowest BCUT2D eigenvalue weighted by Crippen LogP contribution is -2.39. The molecule has 0 aliphatic rings. The van der Waals surface area contributed by atoms with Gasteiger partial charge >= 0.3 is 11.9 Å². The SMILES string of the molecule is COC(=O)[C@H](c1cc(C#N)c(C#N)cc1C#N)[C@@H](C(=O)OC)C(C)(C)C. The maximum atomic E-state index is 12.6. The Morgan fingerprint density at radius 1 is 0.885 bits per heavy atom. The highest BCUT2D eigenvalue weighted by Gasteiger charge is 2.45. The summed E-state index contributed by atoms with van der Waals surface area (Å²) in [7, 11) is 2.38. The van der Waals surface area contributed by atoms with Crippen LogP contribution in [0, 0.1) is 45.3 Å². The number of carbonyl (C=O) groups is 2. The van der Waals surface area contributed by atoms with Crippen molar-refractivity contribution in [3.05, 3.63) is 34.4 Å². The molecule has 1 aromatic rings. The Labute approximate surface area is 152 Å². The standard InChI is InChI=1S/C19H19N3O4/c1-19(2,3)16(18(24)26-5)15(17(23)25-4)14-7-12(9-21)11(8-20)6-13(14)10-22/h6-7,15-16H,1-5H3/t15-,16+/m1/s1. The van der Waals surface area contributed by atoms with Crippen LogP contribution in [0.3, 0.4) is 0 Å². The molecule has 0 fully saturated rings. The van der Waals surface area contributed by atoms with Crippen molar-refractivity contribution >= 4 is 11.9 Å². The van der Waals surface area contributed by atoms with Gasteiger partial charge in [0.1, 0.15) is 12.1 Å². The lowest BCUT2D eigenvalue weighted by atomic mass is 9.69. The molecule has 0 aliphatic heterocycles. The van der Waals surface area contributed by atoms with Gasteiger partial charge in [0.15, 0.2) is 0 Å². The summed E-state index contributed by atoms with van der Waals surface area (Å²) < 4.78 is 9.73. The van der Waals surface area contributed by atoms with Crippen molar-refractivity contribution in [2.24, 2.45) is 11.3 Å². The van der Waals surface area contributed by atoms with Gasteiger partial charge in [-0.25, -0.2) is 0 Å². The number of ether oxygens (including phenoxy) is 2. The van der Waals surface area contributed by atoms with Crippen LogP contribution in [0.2, 0.25) is 0 Å². The van der Waals surface area contributed by atoms with Crippen LogP contribution in [0.5, 0.6) is 0 Å². The van der Waals surface area contributed by atoms with Crippen LogP contribution in [0.4, 0.5) is 0 Å². The zero-order chi connectivity index (χ0) is 20.1. The summed E-state index contributed by atoms with van der Waals surface area (Å²) in [6, 6.07) is 8.17. The second-order valence-corrected chi connectivity index (χ2v) is 6.69. The van der Waals surface area contributed by atoms with Gasteiger partial charge in [0.2, 0.25) is 0 Å². The molecule has 7 heteroatoms. The molecule has 0 amide bonds. The third-order valence-corrected chi connectivity index (χ3v) is 4.06. The number of hydrogen-bond acceptors (Lipinski definition) is 7. The van der Waals surface area contributed by atoms with Gasteiger partial charge in [-0.3, -0.25) is 9.59 Å². The Hall–Kier alpha value is -3.37. The summed E-state index contributed by atoms with van der Waals surface area (Å²) in [5.74, 6) is -3.51. The van der Waals surface area contributed by atoms with Crippen LogP contribution in [0.25, 0.3) is 0 Å². The van der Waals surface area contributed by atoms with Crippen LogP contribution in [0.15, 0.2) is 12.1 Å². The molecule has 1 rings (SSSR count). The quantitative estimate of drug-likeness (QED) is 0.761. The monoisotopic (exact) mass is 353 g/mol. The number of benzene rings is 1. The van der Waals surface area contributed by atoms with E-state index in [-0.39, 0.29) is 22.3 Å². The first-order valence-electron chi connectivity index (χ1n) is 7.70. The Morgan fingerprint density at radius 2 is 1.35 bits per heavy atom. The van der Waals surface area contributed by atoms with E-state index in [0.717, 1.165) is 0 Å². The Bertz CT molecular complexity index is 848. The molecule has 2 atom stereocenters. The van der Waals surface area contributed by atoms with Crippen molar-refractivity contribution in [3.8, 4) is 18.2 Å². The van der Waals surface area contributed by atoms with Crippen molar-refractivity contribution in [3.63, 3.8) is 0 Å². The van der Waals surface area contributed by atoms with Crippen LogP contribution in [-0.4, -0.2) is 26.2 Å². The Balaban J connectivity index is 3.85. The Kier molecular flexibility index (Phi) is 6.47. The van der Waals surface area contributed by atoms with Crippen molar-refractivity contribution in [1.82, 2.24) is 0 Å². The van der Waals surface area contributed by atoms with E-state index in [4.69, 9.17) is 14.7 Å². The van der Waals surface area contributed by atoms with E-state index < -0.39 is 29.2 Å². The number of nitriles is 3. The van der Waals surface area contributed by atoms with E-state index in [9.17, 15) is 20.1 Å². The van der Waals surface area contributed by atoms with Gasteiger partial charge in [-0.1, -0.05) is 20.8 Å². The molecule has 0 N–H and O–H groups in total. The second-order valence-electron chi connectivity index (χ2n) is 6.69. The summed E-state index contributed by atoms with van der Waals surface area (Å²) >= 11 is 0. The predicted molar refractivity (Wildman–Crippen MR) is 90.3 cm³/mol. The van der Waals surface area contributed by atoms with Crippen LogP contribution in [0.1, 0.15) is 48.9 Å². The molecule has 0 unspecified atom stereocenters. The normalized spacial score (nSPS) is 12.7. The average Bonchev–Trinajstić information content (AvgIpc) is 2.62. The zero-order valence-electron chi connectivity index (χ0n) is 15.3. The smallest absolute Gasteiger partial charge is 0.314 e. The molecule has 0 saturated heterocycles. The maximum Gasteiger partial charge on any atom is 0.314 e. The molecular formula is C19H19N3O4. The number of rotatable bonds is 4. The van der Waals surface area contributed by atoms with Gasteiger partial charge in [-0.2, -0.15) is 15.8 Å². The van der Waals surface area contributed by atoms with Gasteiger partial charge in [0.05, 0.1) is 48.8 Å². The van der Waals surface area contributed by atoms with Gasteiger partial charge in [-0.05, 0) is 23.1 Å². The van der Waals surface area contributed by atoms with E-state index in [0.29, 0.717) is 0 Å². The highest BCUT2D eigenvalue weighted by Crippen LogP contribution is 2.41. The number of hydrogen-bond donors (Lipinski definition) is 0. The molecule has 7 nitrogen and oxygen atoms in total. The maximum absolute atomic E-state index is 12.6. The minimum Gasteiger partial charge on any atom is -0.469 e. The summed E-state index contributed by atoms with van der Waals surface area (Å²) in [6.07, 6.45) is 0. The minimum absolute atomic E-state index is 0.00734. The number of nitrogens with zero attached hydrogens (tertiary/aromatic N) is 3. The minimum atomic E-state index is -1.16. The summed E-state index contributed by atoms with van der Waals surface area (Å²) in [5, 5.41) is 27.9. The van der Waals surface area contributed by atoms with Crippen molar-refractivity contribution in [2.75, 3.05) is 14.2 Å². The molecular weight excluding hydrogens is 334 g/mol. The number of methoxy groups -OCH3 is 2. The number of carbonyl (C=O) groups excluding carboxylic acids is 2. The molecule has 0 bridgehead atoms. The largest absolute Gasteiger partial charge is 0.469 e. The van der Waals surface area contributed by atoms with Gasteiger partial charge in [0, 0.05) is 0 Å². The fraction of sp³-hybridized carbons (Fsp3) is 0.421. The third-order valence-electron chi connectivity index (χ3n) is 4.06. The molecule has 0 saturated carbocycles. The van der Waals surface area contributed by atoms with E-state index in [1.165, 1.54) is 26.4 Å². The van der Waals surface area contributed by atoms with Crippen molar-refractivity contribution in [2.45, 2.75) is 26.7 Å². The lowest BCUT2D eigenvalue weighted by molar-refractivity contribution is -0.158. The van der Waals surface area contributed by atoms with Crippen LogP contribution >= 0.6 is 0 Å². The first-order valence-corrected chi connectivity index (χ1v) is 7.70. The molecule has 0 heterocycles. The first kappa shape index (κ1) is 20.7. The van der Waals surface area contributed by atoms with Crippen LogP contribution in [-0.2, 0) is 19.1 Å². The van der Waals surface area contributed by atoms with E-state index in [2.05, 4.69) is 0 Å². The molecule has 0 aromatic heterocycles. The lowest BCUT2D eigenvalue weighted by Gasteiger charge is -2.34. The zero-order valence-corrected chi connectivity index (χ0v) is 15.3. The van der Waals surface area contributed by atoms with Crippen molar-refractivity contribution in [1.29, 1.82) is 15.8 Å². The van der Waals surface area contributed by atoms with E-state index in [1.807, 2.05) is 18.2 Å². The number of esters is 2. The van der Waals surface area contributed by atoms with Crippen LogP contribution < -0.4 is 0 Å². The molecule has 0 spiro atoms. The van der Waals surface area contributed by atoms with Gasteiger partial charge in [0.25, 0.3) is 0 Å². The summed E-state index contributed by atoms with van der Waals surface area (Å²) in [5.41, 5.74) is -0.511. The molecule has 0 aliphatic carbocycles. The summed E-state index contributed by atoms with van der Waals surface area (Å²) in [4.78, 5) is 25.0.